The number of unbranched alkanes of at least 4 members (excludes halogenated alkanes) is 2. The molecule has 0 atom stereocenters. The van der Waals surface area contributed by atoms with Crippen LogP contribution in [-0.2, 0) is 9.59 Å². The Morgan fingerprint density at radius 2 is 1.81 bits per heavy atom. The molecule has 0 aliphatic heterocycles. The molecule has 7 heteroatoms. The van der Waals surface area contributed by atoms with E-state index in [0.717, 1.165) is 18.4 Å². The number of carboxylic acid groups (broad SMARTS) is 1. The second-order valence-corrected chi connectivity index (χ2v) is 7.26. The van der Waals surface area contributed by atoms with Crippen molar-refractivity contribution in [3.63, 3.8) is 0 Å². The zero-order chi connectivity index (χ0) is 22.4. The van der Waals surface area contributed by atoms with Crippen molar-refractivity contribution in [2.75, 3.05) is 6.61 Å². The normalized spacial score (nSPS) is 10.8. The lowest BCUT2D eigenvalue weighted by atomic mass is 10.0. The Hall–Kier alpha value is -3.61. The molecule has 0 bridgehead atoms. The number of carboxylic acids is 1. The maximum atomic E-state index is 13.0. The number of aliphatic carboxylic acids is 1. The molecule has 0 unspecified atom stereocenters. The Kier molecular flexibility index (Phi) is 7.07. The topological polar surface area (TPSA) is 103 Å². The Morgan fingerprint density at radius 3 is 2.48 bits per heavy atom. The molecular formula is C24H24O7. The minimum absolute atomic E-state index is 0.162. The number of benzene rings is 2. The predicted molar refractivity (Wildman–Crippen MR) is 116 cm³/mol. The van der Waals surface area contributed by atoms with Crippen molar-refractivity contribution in [3.8, 4) is 22.6 Å². The zero-order valence-electron chi connectivity index (χ0n) is 17.5. The second kappa shape index (κ2) is 9.93. The molecule has 0 fully saturated rings. The highest BCUT2D eigenvalue weighted by molar-refractivity contribution is 5.83. The fourth-order valence-electron chi connectivity index (χ4n) is 3.23. The standard InChI is InChI=1S/C24H24O7/c1-15-12-19-22(13-21(15)29-11-5-3-4-6-23(26)27)30-14-20(24(19)28)17-7-9-18(10-8-17)31-16(2)25/h7-10,12-14H,3-6,11H2,1-2H3,(H,26,27). The summed E-state index contributed by atoms with van der Waals surface area (Å²) >= 11 is 0. The van der Waals surface area contributed by atoms with E-state index >= 15 is 0 Å². The molecular weight excluding hydrogens is 400 g/mol. The monoisotopic (exact) mass is 424 g/mol. The highest BCUT2D eigenvalue weighted by Crippen LogP contribution is 2.27. The van der Waals surface area contributed by atoms with Crippen LogP contribution in [0, 0.1) is 6.92 Å². The van der Waals surface area contributed by atoms with Crippen LogP contribution in [0.15, 0.2) is 51.9 Å². The van der Waals surface area contributed by atoms with Crippen LogP contribution in [0.4, 0.5) is 0 Å². The Bertz CT molecular complexity index is 1140. The van der Waals surface area contributed by atoms with Gasteiger partial charge in [0.25, 0.3) is 0 Å². The van der Waals surface area contributed by atoms with Gasteiger partial charge in [-0.1, -0.05) is 12.1 Å². The summed E-state index contributed by atoms with van der Waals surface area (Å²) in [5.41, 5.74) is 2.15. The summed E-state index contributed by atoms with van der Waals surface area (Å²) in [5.74, 6) is -0.165. The zero-order valence-corrected chi connectivity index (χ0v) is 17.5. The summed E-state index contributed by atoms with van der Waals surface area (Å²) in [6.07, 6.45) is 3.71. The van der Waals surface area contributed by atoms with Gasteiger partial charge in [-0.25, -0.2) is 0 Å². The van der Waals surface area contributed by atoms with Crippen molar-refractivity contribution in [2.24, 2.45) is 0 Å². The van der Waals surface area contributed by atoms with Gasteiger partial charge in [0, 0.05) is 19.4 Å². The molecule has 7 nitrogen and oxygen atoms in total. The summed E-state index contributed by atoms with van der Waals surface area (Å²) in [4.78, 5) is 34.6. The lowest BCUT2D eigenvalue weighted by Crippen LogP contribution is -2.06. The third-order valence-corrected chi connectivity index (χ3v) is 4.79. The molecule has 3 aromatic rings. The SMILES string of the molecule is CC(=O)Oc1ccc(-c2coc3cc(OCCCCCC(=O)O)c(C)cc3c2=O)cc1. The van der Waals surface area contributed by atoms with Crippen LogP contribution in [0.1, 0.15) is 38.2 Å². The summed E-state index contributed by atoms with van der Waals surface area (Å²) in [7, 11) is 0. The predicted octanol–water partition coefficient (Wildman–Crippen LogP) is 4.72. The van der Waals surface area contributed by atoms with Crippen molar-refractivity contribution >= 4 is 22.9 Å². The number of carbonyl (C=O) groups is 2. The van der Waals surface area contributed by atoms with E-state index < -0.39 is 11.9 Å². The first-order valence-corrected chi connectivity index (χ1v) is 10.0. The van der Waals surface area contributed by atoms with Gasteiger partial charge in [-0.3, -0.25) is 14.4 Å². The van der Waals surface area contributed by atoms with Gasteiger partial charge >= 0.3 is 11.9 Å². The van der Waals surface area contributed by atoms with Gasteiger partial charge < -0.3 is 19.0 Å². The summed E-state index contributed by atoms with van der Waals surface area (Å²) in [6.45, 7) is 3.65. The number of ether oxygens (including phenoxy) is 2. The van der Waals surface area contributed by atoms with Gasteiger partial charge in [0.05, 0.1) is 17.6 Å². The minimum atomic E-state index is -0.791. The highest BCUT2D eigenvalue weighted by atomic mass is 16.5. The molecule has 0 saturated heterocycles. The Labute approximate surface area is 179 Å². The van der Waals surface area contributed by atoms with Crippen LogP contribution in [0.2, 0.25) is 0 Å². The van der Waals surface area contributed by atoms with E-state index in [0.29, 0.717) is 46.6 Å². The number of aryl methyl sites for hydroxylation is 1. The Morgan fingerprint density at radius 1 is 1.06 bits per heavy atom. The van der Waals surface area contributed by atoms with E-state index in [9.17, 15) is 14.4 Å². The number of rotatable bonds is 9. The minimum Gasteiger partial charge on any atom is -0.493 e. The van der Waals surface area contributed by atoms with Crippen LogP contribution < -0.4 is 14.9 Å². The lowest BCUT2D eigenvalue weighted by Gasteiger charge is -2.11. The van der Waals surface area contributed by atoms with E-state index in [2.05, 4.69) is 0 Å². The first kappa shape index (κ1) is 22.1. The maximum absolute atomic E-state index is 13.0. The van der Waals surface area contributed by atoms with E-state index in [4.69, 9.17) is 19.0 Å². The van der Waals surface area contributed by atoms with Crippen LogP contribution in [0.3, 0.4) is 0 Å². The van der Waals surface area contributed by atoms with Crippen molar-refractivity contribution in [3.05, 3.63) is 58.4 Å². The smallest absolute Gasteiger partial charge is 0.308 e. The van der Waals surface area contributed by atoms with Gasteiger partial charge in [0.2, 0.25) is 5.43 Å². The van der Waals surface area contributed by atoms with Gasteiger partial charge in [0.15, 0.2) is 0 Å². The molecule has 0 saturated carbocycles. The van der Waals surface area contributed by atoms with Gasteiger partial charge in [0.1, 0.15) is 23.3 Å². The molecule has 0 amide bonds. The molecule has 1 heterocycles. The summed E-state index contributed by atoms with van der Waals surface area (Å²) < 4.78 is 16.5. The quantitative estimate of drug-likeness (QED) is 0.301. The van der Waals surface area contributed by atoms with Crippen LogP contribution in [0.25, 0.3) is 22.1 Å². The Balaban J connectivity index is 1.75. The molecule has 0 aliphatic carbocycles. The lowest BCUT2D eigenvalue weighted by molar-refractivity contribution is -0.137. The fraction of sp³-hybridized carbons (Fsp3) is 0.292. The van der Waals surface area contributed by atoms with Crippen LogP contribution in [0.5, 0.6) is 11.5 Å². The largest absolute Gasteiger partial charge is 0.493 e. The van der Waals surface area contributed by atoms with Crippen molar-refractivity contribution in [2.45, 2.75) is 39.5 Å². The number of fused-ring (bicyclic) bond motifs is 1. The summed E-state index contributed by atoms with van der Waals surface area (Å²) in [5, 5.41) is 9.11. The molecule has 0 spiro atoms. The number of esters is 1. The average molecular weight is 424 g/mol. The van der Waals surface area contributed by atoms with Crippen LogP contribution in [-0.4, -0.2) is 23.7 Å². The van der Waals surface area contributed by atoms with Crippen LogP contribution >= 0.6 is 0 Å². The van der Waals surface area contributed by atoms with E-state index in [-0.39, 0.29) is 11.8 Å². The molecule has 31 heavy (non-hydrogen) atoms. The van der Waals surface area contributed by atoms with Crippen molar-refractivity contribution in [1.29, 1.82) is 0 Å². The molecule has 0 aliphatic rings. The molecule has 1 N–H and O–H groups in total. The maximum Gasteiger partial charge on any atom is 0.308 e. The van der Waals surface area contributed by atoms with E-state index in [1.165, 1.54) is 13.2 Å². The van der Waals surface area contributed by atoms with E-state index in [1.807, 2.05) is 6.92 Å². The molecule has 2 aromatic carbocycles. The number of carbonyl (C=O) groups excluding carboxylic acids is 1. The highest BCUT2D eigenvalue weighted by Gasteiger charge is 2.13. The van der Waals surface area contributed by atoms with Gasteiger partial charge in [-0.2, -0.15) is 0 Å². The summed E-state index contributed by atoms with van der Waals surface area (Å²) in [6, 6.07) is 10.1. The fourth-order valence-corrected chi connectivity index (χ4v) is 3.23. The van der Waals surface area contributed by atoms with E-state index in [1.54, 1.807) is 36.4 Å². The number of hydrogen-bond donors (Lipinski definition) is 1. The van der Waals surface area contributed by atoms with Gasteiger partial charge in [-0.15, -0.1) is 0 Å². The second-order valence-electron chi connectivity index (χ2n) is 7.26. The third kappa shape index (κ3) is 5.72. The molecule has 1 aromatic heterocycles. The third-order valence-electron chi connectivity index (χ3n) is 4.79. The first-order valence-electron chi connectivity index (χ1n) is 10.0. The van der Waals surface area contributed by atoms with Crippen molar-refractivity contribution in [1.82, 2.24) is 0 Å². The molecule has 162 valence electrons. The average Bonchev–Trinajstić information content (AvgIpc) is 2.72. The molecule has 0 radical (unpaired) electrons. The van der Waals surface area contributed by atoms with Crippen molar-refractivity contribution < 1.29 is 28.6 Å². The molecule has 3 rings (SSSR count). The number of hydrogen-bond acceptors (Lipinski definition) is 6. The van der Waals surface area contributed by atoms with Gasteiger partial charge in [-0.05, 0) is 55.5 Å². The first-order chi connectivity index (χ1) is 14.8.